The molecule has 1 rings (SSSR count). The highest BCUT2D eigenvalue weighted by molar-refractivity contribution is 5.78. The standard InChI is InChI=1S/C11H15NO2/c1-8-5-3-4-6-9(8)7-11(2,12)10(13)14/h3-6H,7,12H2,1-2H3,(H,13,14). The minimum atomic E-state index is -1.19. The molecule has 0 saturated heterocycles. The molecule has 0 fully saturated rings. The molecule has 3 nitrogen and oxygen atoms in total. The molecule has 1 atom stereocenters. The van der Waals surface area contributed by atoms with Gasteiger partial charge in [0.1, 0.15) is 5.54 Å². The number of carboxylic acids is 1. The summed E-state index contributed by atoms with van der Waals surface area (Å²) < 4.78 is 0. The third-order valence-electron chi connectivity index (χ3n) is 2.31. The van der Waals surface area contributed by atoms with Crippen molar-refractivity contribution in [2.24, 2.45) is 5.73 Å². The fraction of sp³-hybridized carbons (Fsp3) is 0.364. The molecule has 3 heteroatoms. The lowest BCUT2D eigenvalue weighted by atomic mass is 9.92. The number of carboxylic acid groups (broad SMARTS) is 1. The molecule has 1 aromatic rings. The highest BCUT2D eigenvalue weighted by Gasteiger charge is 2.28. The van der Waals surface area contributed by atoms with Crippen molar-refractivity contribution in [1.29, 1.82) is 0 Å². The van der Waals surface area contributed by atoms with Gasteiger partial charge in [0.25, 0.3) is 0 Å². The fourth-order valence-corrected chi connectivity index (χ4v) is 1.28. The number of nitrogens with two attached hydrogens (primary N) is 1. The Morgan fingerprint density at radius 1 is 1.50 bits per heavy atom. The van der Waals surface area contributed by atoms with Gasteiger partial charge in [0.15, 0.2) is 0 Å². The first-order valence-corrected chi connectivity index (χ1v) is 4.50. The van der Waals surface area contributed by atoms with E-state index in [-0.39, 0.29) is 0 Å². The molecular formula is C11H15NO2. The van der Waals surface area contributed by atoms with Gasteiger partial charge in [0, 0.05) is 6.42 Å². The minimum Gasteiger partial charge on any atom is -0.480 e. The van der Waals surface area contributed by atoms with E-state index in [1.54, 1.807) is 0 Å². The third-order valence-corrected chi connectivity index (χ3v) is 2.31. The van der Waals surface area contributed by atoms with Crippen molar-refractivity contribution < 1.29 is 9.90 Å². The number of rotatable bonds is 3. The van der Waals surface area contributed by atoms with Crippen LogP contribution in [0, 0.1) is 6.92 Å². The number of benzene rings is 1. The van der Waals surface area contributed by atoms with Crippen molar-refractivity contribution in [2.45, 2.75) is 25.8 Å². The largest absolute Gasteiger partial charge is 0.480 e. The van der Waals surface area contributed by atoms with E-state index < -0.39 is 11.5 Å². The summed E-state index contributed by atoms with van der Waals surface area (Å²) in [5.74, 6) is -0.972. The van der Waals surface area contributed by atoms with Crippen LogP contribution in [0.1, 0.15) is 18.1 Å². The van der Waals surface area contributed by atoms with Gasteiger partial charge in [-0.3, -0.25) is 4.79 Å². The Bertz CT molecular complexity index is 345. The summed E-state index contributed by atoms with van der Waals surface area (Å²) in [4.78, 5) is 10.8. The molecule has 1 unspecified atom stereocenters. The van der Waals surface area contributed by atoms with Gasteiger partial charge in [0.05, 0.1) is 0 Å². The van der Waals surface area contributed by atoms with Crippen LogP contribution in [0.5, 0.6) is 0 Å². The van der Waals surface area contributed by atoms with Crippen LogP contribution in [0.3, 0.4) is 0 Å². The summed E-state index contributed by atoms with van der Waals surface area (Å²) in [6.45, 7) is 3.48. The molecule has 14 heavy (non-hydrogen) atoms. The van der Waals surface area contributed by atoms with E-state index in [2.05, 4.69) is 0 Å². The number of hydrogen-bond acceptors (Lipinski definition) is 2. The molecule has 0 aliphatic carbocycles. The summed E-state index contributed by atoms with van der Waals surface area (Å²) in [7, 11) is 0. The number of aryl methyl sites for hydroxylation is 1. The van der Waals surface area contributed by atoms with Gasteiger partial charge in [-0.1, -0.05) is 24.3 Å². The normalized spacial score (nSPS) is 14.8. The molecule has 0 spiro atoms. The Morgan fingerprint density at radius 3 is 2.57 bits per heavy atom. The van der Waals surface area contributed by atoms with Crippen LogP contribution < -0.4 is 5.73 Å². The molecule has 0 aliphatic rings. The van der Waals surface area contributed by atoms with E-state index in [1.807, 2.05) is 31.2 Å². The average Bonchev–Trinajstić information content (AvgIpc) is 2.08. The zero-order valence-corrected chi connectivity index (χ0v) is 8.45. The van der Waals surface area contributed by atoms with Crippen LogP contribution >= 0.6 is 0 Å². The van der Waals surface area contributed by atoms with Gasteiger partial charge >= 0.3 is 5.97 Å². The molecule has 1 aromatic carbocycles. The van der Waals surface area contributed by atoms with Crippen molar-refractivity contribution >= 4 is 5.97 Å². The Labute approximate surface area is 83.6 Å². The first-order valence-electron chi connectivity index (χ1n) is 4.50. The molecule has 0 radical (unpaired) electrons. The molecule has 0 amide bonds. The van der Waals surface area contributed by atoms with Gasteiger partial charge in [-0.05, 0) is 25.0 Å². The second-order valence-electron chi connectivity index (χ2n) is 3.83. The lowest BCUT2D eigenvalue weighted by Gasteiger charge is -2.20. The summed E-state index contributed by atoms with van der Waals surface area (Å²) in [5, 5.41) is 8.87. The van der Waals surface area contributed by atoms with Crippen LogP contribution in [0.4, 0.5) is 0 Å². The first-order chi connectivity index (χ1) is 6.43. The van der Waals surface area contributed by atoms with Gasteiger partial charge in [-0.15, -0.1) is 0 Å². The Kier molecular flexibility index (Phi) is 2.91. The molecular weight excluding hydrogens is 178 g/mol. The van der Waals surface area contributed by atoms with E-state index in [9.17, 15) is 4.79 Å². The first kappa shape index (κ1) is 10.7. The average molecular weight is 193 g/mol. The van der Waals surface area contributed by atoms with E-state index in [1.165, 1.54) is 6.92 Å². The maximum Gasteiger partial charge on any atom is 0.323 e. The predicted octanol–water partition coefficient (Wildman–Crippen LogP) is 1.34. The lowest BCUT2D eigenvalue weighted by Crippen LogP contribution is -2.46. The number of carbonyl (C=O) groups is 1. The molecule has 3 N–H and O–H groups in total. The Hall–Kier alpha value is -1.35. The molecule has 76 valence electrons. The van der Waals surface area contributed by atoms with Crippen molar-refractivity contribution in [1.82, 2.24) is 0 Å². The van der Waals surface area contributed by atoms with Gasteiger partial charge in [-0.25, -0.2) is 0 Å². The van der Waals surface area contributed by atoms with E-state index in [4.69, 9.17) is 10.8 Å². The van der Waals surface area contributed by atoms with Crippen LogP contribution in [-0.4, -0.2) is 16.6 Å². The van der Waals surface area contributed by atoms with Crippen molar-refractivity contribution in [2.75, 3.05) is 0 Å². The van der Waals surface area contributed by atoms with E-state index in [0.29, 0.717) is 6.42 Å². The maximum atomic E-state index is 10.8. The zero-order chi connectivity index (χ0) is 10.8. The fourth-order valence-electron chi connectivity index (χ4n) is 1.28. The summed E-state index contributed by atoms with van der Waals surface area (Å²) >= 11 is 0. The third kappa shape index (κ3) is 2.33. The van der Waals surface area contributed by atoms with Gasteiger partial charge in [0.2, 0.25) is 0 Å². The number of aliphatic carboxylic acids is 1. The molecule has 0 aliphatic heterocycles. The lowest BCUT2D eigenvalue weighted by molar-refractivity contribution is -0.142. The monoisotopic (exact) mass is 193 g/mol. The maximum absolute atomic E-state index is 10.8. The quantitative estimate of drug-likeness (QED) is 0.761. The highest BCUT2D eigenvalue weighted by atomic mass is 16.4. The predicted molar refractivity (Wildman–Crippen MR) is 55.1 cm³/mol. The summed E-state index contributed by atoms with van der Waals surface area (Å²) in [5.41, 5.74) is 6.53. The van der Waals surface area contributed by atoms with Crippen LogP contribution in [-0.2, 0) is 11.2 Å². The van der Waals surface area contributed by atoms with Crippen molar-refractivity contribution in [3.05, 3.63) is 35.4 Å². The number of hydrogen-bond donors (Lipinski definition) is 2. The van der Waals surface area contributed by atoms with Crippen LogP contribution in [0.2, 0.25) is 0 Å². The highest BCUT2D eigenvalue weighted by Crippen LogP contribution is 2.14. The van der Waals surface area contributed by atoms with Crippen molar-refractivity contribution in [3.8, 4) is 0 Å². The zero-order valence-electron chi connectivity index (χ0n) is 8.45. The topological polar surface area (TPSA) is 63.3 Å². The molecule has 0 saturated carbocycles. The van der Waals surface area contributed by atoms with Gasteiger partial charge < -0.3 is 10.8 Å². The summed E-state index contributed by atoms with van der Waals surface area (Å²) in [6.07, 6.45) is 0.356. The molecule has 0 bridgehead atoms. The van der Waals surface area contributed by atoms with Crippen molar-refractivity contribution in [3.63, 3.8) is 0 Å². The second-order valence-corrected chi connectivity index (χ2v) is 3.83. The van der Waals surface area contributed by atoms with Crippen LogP contribution in [0.25, 0.3) is 0 Å². The Morgan fingerprint density at radius 2 is 2.07 bits per heavy atom. The second kappa shape index (κ2) is 3.80. The Balaban J connectivity index is 2.89. The minimum absolute atomic E-state index is 0.356. The van der Waals surface area contributed by atoms with Crippen LogP contribution in [0.15, 0.2) is 24.3 Å². The summed E-state index contributed by atoms with van der Waals surface area (Å²) in [6, 6.07) is 7.67. The van der Waals surface area contributed by atoms with E-state index in [0.717, 1.165) is 11.1 Å². The molecule has 0 heterocycles. The van der Waals surface area contributed by atoms with E-state index >= 15 is 0 Å². The van der Waals surface area contributed by atoms with Gasteiger partial charge in [-0.2, -0.15) is 0 Å². The SMILES string of the molecule is Cc1ccccc1CC(C)(N)C(=O)O. The smallest absolute Gasteiger partial charge is 0.323 e. The molecule has 0 aromatic heterocycles.